The van der Waals surface area contributed by atoms with Crippen molar-refractivity contribution in [3.8, 4) is 0 Å². The van der Waals surface area contributed by atoms with Gasteiger partial charge in [0.25, 0.3) is 0 Å². The number of aryl methyl sites for hydroxylation is 2. The number of rotatable bonds is 2. The van der Waals surface area contributed by atoms with Crippen LogP contribution in [0.25, 0.3) is 10.9 Å². The molecule has 112 valence electrons. The van der Waals surface area contributed by atoms with E-state index in [0.29, 0.717) is 10.9 Å². The van der Waals surface area contributed by atoms with E-state index < -0.39 is 37.5 Å². The van der Waals surface area contributed by atoms with Gasteiger partial charge in [0.2, 0.25) is 0 Å². The number of carbonyl (C=O) groups excluding carboxylic acids is 1. The third-order valence-electron chi connectivity index (χ3n) is 4.04. The first-order valence-corrected chi connectivity index (χ1v) is 7.03. The van der Waals surface area contributed by atoms with Crippen LogP contribution < -0.4 is 0 Å². The van der Waals surface area contributed by atoms with Gasteiger partial charge in [0, 0.05) is 59.4 Å². The number of para-hydroxylation sites is 1. The van der Waals surface area contributed by atoms with Crippen molar-refractivity contribution in [1.29, 1.82) is 0 Å². The average molecular weight is 301 g/mol. The van der Waals surface area contributed by atoms with Crippen molar-refractivity contribution < 1.29 is 15.8 Å². The highest BCUT2D eigenvalue weighted by Crippen LogP contribution is 2.34. The average Bonchev–Trinajstić information content (AvgIpc) is 3.12. The van der Waals surface area contributed by atoms with Gasteiger partial charge in [0.15, 0.2) is 5.78 Å². The minimum absolute atomic E-state index is 0.00592. The van der Waals surface area contributed by atoms with Crippen molar-refractivity contribution in [2.75, 3.05) is 0 Å². The monoisotopic (exact) mass is 301 g/mol. The zero-order chi connectivity index (χ0) is 22.2. The Labute approximate surface area is 140 Å². The summed E-state index contributed by atoms with van der Waals surface area (Å²) in [5.41, 5.74) is 0.617. The van der Waals surface area contributed by atoms with Crippen LogP contribution in [0.3, 0.4) is 0 Å². The molecule has 0 saturated carbocycles. The number of hydrogen-bond donors (Lipinski definition) is 0. The maximum Gasteiger partial charge on any atom is 0.170 e. The standard InChI is InChI=1S/C18H19N3O/c1-12-19-9-10-21(12)11-13-7-8-16-17(18(13)22)14-5-3-4-6-15(14)20(16)2/h3-6,9-10,13H,7-8,11H2,1-2H3/i2D3,9D,10D,11D2,13D. The van der Waals surface area contributed by atoms with Crippen LogP contribution in [0.5, 0.6) is 0 Å². The first-order chi connectivity index (χ1) is 13.8. The maximum atomic E-state index is 13.6. The smallest absolute Gasteiger partial charge is 0.170 e. The van der Waals surface area contributed by atoms with Crippen molar-refractivity contribution in [1.82, 2.24) is 14.1 Å². The highest BCUT2D eigenvalue weighted by molar-refractivity contribution is 6.11. The quantitative estimate of drug-likeness (QED) is 0.729. The van der Waals surface area contributed by atoms with Gasteiger partial charge in [-0.3, -0.25) is 4.79 Å². The third kappa shape index (κ3) is 1.83. The van der Waals surface area contributed by atoms with E-state index in [-0.39, 0.29) is 29.9 Å². The van der Waals surface area contributed by atoms with E-state index in [1.165, 1.54) is 6.92 Å². The molecule has 1 aliphatic rings. The number of imidazole rings is 1. The van der Waals surface area contributed by atoms with Crippen molar-refractivity contribution in [2.45, 2.75) is 26.3 Å². The summed E-state index contributed by atoms with van der Waals surface area (Å²) < 4.78 is 67.4. The number of carbonyl (C=O) groups is 1. The molecule has 4 heteroatoms. The third-order valence-corrected chi connectivity index (χ3v) is 4.04. The van der Waals surface area contributed by atoms with Gasteiger partial charge in [-0.2, -0.15) is 0 Å². The number of aromatic nitrogens is 3. The number of fused-ring (bicyclic) bond motifs is 3. The van der Waals surface area contributed by atoms with E-state index in [4.69, 9.17) is 11.0 Å². The molecule has 0 aliphatic heterocycles. The predicted molar refractivity (Wildman–Crippen MR) is 86.0 cm³/mol. The Balaban J connectivity index is 1.96. The van der Waals surface area contributed by atoms with Gasteiger partial charge < -0.3 is 9.13 Å². The fraction of sp³-hybridized carbons (Fsp3) is 0.333. The maximum absolute atomic E-state index is 13.6. The Kier molecular flexibility index (Phi) is 1.60. The summed E-state index contributed by atoms with van der Waals surface area (Å²) in [6.07, 6.45) is -1.23. The van der Waals surface area contributed by atoms with Crippen LogP contribution in [0.4, 0.5) is 0 Å². The molecule has 0 spiro atoms. The molecule has 1 atom stereocenters. The van der Waals surface area contributed by atoms with Gasteiger partial charge in [-0.25, -0.2) is 4.98 Å². The summed E-state index contributed by atoms with van der Waals surface area (Å²) in [6.45, 7) is -3.79. The van der Waals surface area contributed by atoms with Gasteiger partial charge in [-0.15, -0.1) is 0 Å². The second-order valence-electron chi connectivity index (χ2n) is 5.31. The van der Waals surface area contributed by atoms with Crippen LogP contribution in [0.1, 0.15) is 39.3 Å². The zero-order valence-electron chi connectivity index (χ0n) is 20.0. The molecule has 1 aliphatic carbocycles. The molecule has 0 N–H and O–H groups in total. The zero-order valence-corrected chi connectivity index (χ0v) is 12.0. The molecule has 3 aromatic rings. The highest BCUT2D eigenvalue weighted by Gasteiger charge is 2.32. The van der Waals surface area contributed by atoms with E-state index in [1.807, 2.05) is 0 Å². The molecule has 0 amide bonds. The molecule has 2 heterocycles. The topological polar surface area (TPSA) is 39.8 Å². The minimum atomic E-state index is -2.67. The Hall–Kier alpha value is -2.36. The Morgan fingerprint density at radius 1 is 1.55 bits per heavy atom. The van der Waals surface area contributed by atoms with Crippen molar-refractivity contribution in [3.05, 3.63) is 53.7 Å². The lowest BCUT2D eigenvalue weighted by molar-refractivity contribution is 0.0888. The molecule has 1 aromatic carbocycles. The van der Waals surface area contributed by atoms with E-state index in [1.54, 1.807) is 24.3 Å². The Morgan fingerprint density at radius 3 is 3.18 bits per heavy atom. The lowest BCUT2D eigenvalue weighted by Gasteiger charge is -2.23. The number of hydrogen-bond acceptors (Lipinski definition) is 2. The predicted octanol–water partition coefficient (Wildman–Crippen LogP) is 3.13. The van der Waals surface area contributed by atoms with E-state index in [2.05, 4.69) is 4.98 Å². The highest BCUT2D eigenvalue weighted by atomic mass is 16.1. The van der Waals surface area contributed by atoms with Gasteiger partial charge in [0.1, 0.15) is 5.82 Å². The second kappa shape index (κ2) is 4.83. The molecular formula is C18H19N3O. The molecular weight excluding hydrogens is 274 g/mol. The molecule has 0 fully saturated rings. The van der Waals surface area contributed by atoms with E-state index in [0.717, 1.165) is 9.13 Å². The molecule has 0 saturated heterocycles. The largest absolute Gasteiger partial charge is 0.347 e. The summed E-state index contributed by atoms with van der Waals surface area (Å²) in [7, 11) is 0. The second-order valence-corrected chi connectivity index (χ2v) is 5.31. The molecule has 4 rings (SSSR count). The SMILES string of the molecule is [2H]c1nc(C)n(C([2H])([2H])C2([2H])CCc3c(c4ccccc4n3C([2H])([2H])[2H])C2=O)c1[2H]. The van der Waals surface area contributed by atoms with Crippen LogP contribution >= 0.6 is 0 Å². The Bertz CT molecular complexity index is 1190. The van der Waals surface area contributed by atoms with E-state index in [9.17, 15) is 4.79 Å². The Morgan fingerprint density at radius 2 is 2.41 bits per heavy atom. The molecule has 4 nitrogen and oxygen atoms in total. The van der Waals surface area contributed by atoms with Crippen LogP contribution in [0.2, 0.25) is 0 Å². The van der Waals surface area contributed by atoms with Crippen molar-refractivity contribution >= 4 is 16.7 Å². The molecule has 0 radical (unpaired) electrons. The van der Waals surface area contributed by atoms with Crippen LogP contribution in [0, 0.1) is 12.8 Å². The molecule has 1 unspecified atom stereocenters. The molecule has 22 heavy (non-hydrogen) atoms. The van der Waals surface area contributed by atoms with Crippen LogP contribution in [-0.4, -0.2) is 19.9 Å². The number of ketones is 1. The first kappa shape index (κ1) is 7.27. The minimum Gasteiger partial charge on any atom is -0.347 e. The number of Topliss-reactive ketones (excluding diaryl/α,β-unsaturated/α-hetero) is 1. The summed E-state index contributed by atoms with van der Waals surface area (Å²) in [6, 6.07) is 6.49. The normalized spacial score (nSPS) is 27.8. The van der Waals surface area contributed by atoms with Crippen LogP contribution in [-0.2, 0) is 19.9 Å². The summed E-state index contributed by atoms with van der Waals surface area (Å²) in [5, 5.41) is 0.357. The van der Waals surface area contributed by atoms with Gasteiger partial charge in [-0.05, 0) is 25.8 Å². The van der Waals surface area contributed by atoms with E-state index >= 15 is 0 Å². The number of nitrogens with zero attached hydrogens (tertiary/aromatic N) is 3. The lowest BCUT2D eigenvalue weighted by Crippen LogP contribution is -2.27. The fourth-order valence-corrected chi connectivity index (χ4v) is 2.93. The summed E-state index contributed by atoms with van der Waals surface area (Å²) in [5.74, 6) is -3.14. The number of benzene rings is 1. The van der Waals surface area contributed by atoms with Gasteiger partial charge in [0.05, 0.1) is 5.48 Å². The summed E-state index contributed by atoms with van der Waals surface area (Å²) in [4.78, 5) is 17.4. The van der Waals surface area contributed by atoms with Crippen molar-refractivity contribution in [2.24, 2.45) is 12.9 Å². The molecule has 0 bridgehead atoms. The lowest BCUT2D eigenvalue weighted by atomic mass is 9.85. The van der Waals surface area contributed by atoms with Gasteiger partial charge in [-0.1, -0.05) is 18.2 Å². The van der Waals surface area contributed by atoms with Crippen molar-refractivity contribution in [3.63, 3.8) is 0 Å². The van der Waals surface area contributed by atoms with Crippen LogP contribution in [0.15, 0.2) is 36.6 Å². The van der Waals surface area contributed by atoms with Gasteiger partial charge >= 0.3 is 0 Å². The summed E-state index contributed by atoms with van der Waals surface area (Å²) >= 11 is 0. The first-order valence-electron chi connectivity index (χ1n) is 11.0. The molecule has 2 aromatic heterocycles. The fourth-order valence-electron chi connectivity index (χ4n) is 2.93.